The number of carbonyl (C=O) groups is 2. The molecule has 0 atom stereocenters. The van der Waals surface area contributed by atoms with Crippen LogP contribution in [-0.2, 0) is 16.1 Å². The Hall–Kier alpha value is -2.35. The SMILES string of the molecule is CCCn1c(SCC(=O)NCC(=O)NC)nc2ccccc2c1=O. The zero-order valence-electron chi connectivity index (χ0n) is 13.7. The first-order valence-electron chi connectivity index (χ1n) is 7.66. The first kappa shape index (κ1) is 18.0. The van der Waals surface area contributed by atoms with Gasteiger partial charge in [0.15, 0.2) is 5.16 Å². The number of para-hydroxylation sites is 1. The van der Waals surface area contributed by atoms with E-state index in [-0.39, 0.29) is 29.7 Å². The average molecular weight is 348 g/mol. The topological polar surface area (TPSA) is 93.1 Å². The molecule has 2 aromatic rings. The molecule has 0 saturated heterocycles. The minimum atomic E-state index is -0.283. The molecular weight excluding hydrogens is 328 g/mol. The predicted octanol–water partition coefficient (Wildman–Crippen LogP) is 0.761. The number of likely N-dealkylation sites (N-methyl/N-ethyl adjacent to an activating group) is 1. The summed E-state index contributed by atoms with van der Waals surface area (Å²) in [4.78, 5) is 40.1. The summed E-state index contributed by atoms with van der Waals surface area (Å²) in [5.74, 6) is -0.458. The normalized spacial score (nSPS) is 10.6. The number of fused-ring (bicyclic) bond motifs is 1. The van der Waals surface area contributed by atoms with Crippen LogP contribution in [0.3, 0.4) is 0 Å². The maximum Gasteiger partial charge on any atom is 0.262 e. The Morgan fingerprint density at radius 3 is 2.71 bits per heavy atom. The van der Waals surface area contributed by atoms with E-state index in [1.54, 1.807) is 22.8 Å². The number of hydrogen-bond donors (Lipinski definition) is 2. The van der Waals surface area contributed by atoms with Crippen molar-refractivity contribution in [3.05, 3.63) is 34.6 Å². The molecule has 0 saturated carbocycles. The first-order chi connectivity index (χ1) is 11.6. The predicted molar refractivity (Wildman–Crippen MR) is 94.1 cm³/mol. The molecule has 1 heterocycles. The van der Waals surface area contributed by atoms with Gasteiger partial charge in [-0.2, -0.15) is 0 Å². The molecule has 0 aliphatic carbocycles. The van der Waals surface area contributed by atoms with Crippen molar-refractivity contribution in [2.75, 3.05) is 19.3 Å². The highest BCUT2D eigenvalue weighted by molar-refractivity contribution is 7.99. The summed E-state index contributed by atoms with van der Waals surface area (Å²) in [6.07, 6.45) is 0.788. The van der Waals surface area contributed by atoms with E-state index in [4.69, 9.17) is 0 Å². The van der Waals surface area contributed by atoms with E-state index in [1.807, 2.05) is 13.0 Å². The molecule has 0 bridgehead atoms. The van der Waals surface area contributed by atoms with Crippen LogP contribution >= 0.6 is 11.8 Å². The molecule has 1 aromatic carbocycles. The Morgan fingerprint density at radius 2 is 2.00 bits per heavy atom. The van der Waals surface area contributed by atoms with Crippen LogP contribution in [0.1, 0.15) is 13.3 Å². The lowest BCUT2D eigenvalue weighted by atomic mass is 10.2. The highest BCUT2D eigenvalue weighted by Crippen LogP contribution is 2.17. The molecule has 0 aliphatic heterocycles. The zero-order valence-corrected chi connectivity index (χ0v) is 14.5. The van der Waals surface area contributed by atoms with E-state index in [0.29, 0.717) is 22.6 Å². The van der Waals surface area contributed by atoms with E-state index in [0.717, 1.165) is 6.42 Å². The van der Waals surface area contributed by atoms with E-state index in [1.165, 1.54) is 18.8 Å². The fourth-order valence-electron chi connectivity index (χ4n) is 2.13. The number of nitrogens with one attached hydrogen (secondary N) is 2. The standard InChI is InChI=1S/C16H20N4O3S/c1-3-8-20-15(23)11-6-4-5-7-12(11)19-16(20)24-10-14(22)18-9-13(21)17-2/h4-7H,3,8-10H2,1-2H3,(H,17,21)(H,18,22). The van der Waals surface area contributed by atoms with Gasteiger partial charge < -0.3 is 10.6 Å². The summed E-state index contributed by atoms with van der Waals surface area (Å²) in [5, 5.41) is 6.03. The van der Waals surface area contributed by atoms with E-state index in [2.05, 4.69) is 15.6 Å². The Balaban J connectivity index is 2.18. The van der Waals surface area contributed by atoms with Gasteiger partial charge in [-0.25, -0.2) is 4.98 Å². The van der Waals surface area contributed by atoms with Crippen molar-refractivity contribution < 1.29 is 9.59 Å². The molecule has 1 aromatic heterocycles. The maximum atomic E-state index is 12.6. The molecule has 8 heteroatoms. The summed E-state index contributed by atoms with van der Waals surface area (Å²) in [7, 11) is 1.51. The first-order valence-corrected chi connectivity index (χ1v) is 8.65. The zero-order chi connectivity index (χ0) is 17.5. The fraction of sp³-hybridized carbons (Fsp3) is 0.375. The lowest BCUT2D eigenvalue weighted by Gasteiger charge is -2.12. The van der Waals surface area contributed by atoms with Gasteiger partial charge in [0.1, 0.15) is 0 Å². The molecule has 0 unspecified atom stereocenters. The van der Waals surface area contributed by atoms with E-state index < -0.39 is 0 Å². The Kier molecular flexibility index (Phi) is 6.36. The van der Waals surface area contributed by atoms with Gasteiger partial charge in [0.2, 0.25) is 11.8 Å². The molecular formula is C16H20N4O3S. The van der Waals surface area contributed by atoms with Gasteiger partial charge in [-0.15, -0.1) is 0 Å². The molecule has 2 rings (SSSR count). The van der Waals surface area contributed by atoms with Crippen LogP contribution in [0.25, 0.3) is 10.9 Å². The highest BCUT2D eigenvalue weighted by atomic mass is 32.2. The minimum Gasteiger partial charge on any atom is -0.358 e. The molecule has 7 nitrogen and oxygen atoms in total. The van der Waals surface area contributed by atoms with Crippen LogP contribution in [-0.4, -0.2) is 40.7 Å². The number of aromatic nitrogens is 2. The number of nitrogens with zero attached hydrogens (tertiary/aromatic N) is 2. The highest BCUT2D eigenvalue weighted by Gasteiger charge is 2.13. The third kappa shape index (κ3) is 4.35. The van der Waals surface area contributed by atoms with Crippen molar-refractivity contribution in [1.82, 2.24) is 20.2 Å². The second kappa shape index (κ2) is 8.49. The summed E-state index contributed by atoms with van der Waals surface area (Å²) in [5.41, 5.74) is 0.513. The van der Waals surface area contributed by atoms with Crippen molar-refractivity contribution >= 4 is 34.5 Å². The molecule has 0 fully saturated rings. The second-order valence-electron chi connectivity index (χ2n) is 5.11. The fourth-order valence-corrected chi connectivity index (χ4v) is 2.98. The van der Waals surface area contributed by atoms with Crippen LogP contribution in [0.5, 0.6) is 0 Å². The van der Waals surface area contributed by atoms with E-state index in [9.17, 15) is 14.4 Å². The van der Waals surface area contributed by atoms with Crippen LogP contribution < -0.4 is 16.2 Å². The molecule has 2 N–H and O–H groups in total. The van der Waals surface area contributed by atoms with Gasteiger partial charge in [-0.3, -0.25) is 19.0 Å². The van der Waals surface area contributed by atoms with Crippen molar-refractivity contribution in [3.8, 4) is 0 Å². The Bertz CT molecular complexity index is 803. The van der Waals surface area contributed by atoms with Crippen molar-refractivity contribution in [1.29, 1.82) is 0 Å². The maximum absolute atomic E-state index is 12.6. The lowest BCUT2D eigenvalue weighted by molar-refractivity contribution is -0.124. The van der Waals surface area contributed by atoms with E-state index >= 15 is 0 Å². The van der Waals surface area contributed by atoms with Crippen molar-refractivity contribution in [2.45, 2.75) is 25.0 Å². The van der Waals surface area contributed by atoms with Crippen LogP contribution in [0, 0.1) is 0 Å². The van der Waals surface area contributed by atoms with Gasteiger partial charge in [0.05, 0.1) is 23.2 Å². The van der Waals surface area contributed by atoms with Gasteiger partial charge >= 0.3 is 0 Å². The van der Waals surface area contributed by atoms with Gasteiger partial charge in [0, 0.05) is 13.6 Å². The van der Waals surface area contributed by atoms with Gasteiger partial charge in [-0.1, -0.05) is 30.8 Å². The smallest absolute Gasteiger partial charge is 0.262 e. The Morgan fingerprint density at radius 1 is 1.25 bits per heavy atom. The molecule has 128 valence electrons. The Labute approximate surface area is 143 Å². The number of rotatable bonds is 7. The molecule has 2 amide bonds. The average Bonchev–Trinajstić information content (AvgIpc) is 2.60. The number of amides is 2. The van der Waals surface area contributed by atoms with Crippen molar-refractivity contribution in [3.63, 3.8) is 0 Å². The monoisotopic (exact) mass is 348 g/mol. The van der Waals surface area contributed by atoms with Gasteiger partial charge in [-0.05, 0) is 18.6 Å². The summed E-state index contributed by atoms with van der Waals surface area (Å²) in [6.45, 7) is 2.45. The summed E-state index contributed by atoms with van der Waals surface area (Å²) in [6, 6.07) is 7.16. The third-order valence-corrected chi connectivity index (χ3v) is 4.31. The number of benzene rings is 1. The van der Waals surface area contributed by atoms with Crippen LogP contribution in [0.4, 0.5) is 0 Å². The second-order valence-corrected chi connectivity index (χ2v) is 6.05. The third-order valence-electron chi connectivity index (χ3n) is 3.33. The summed E-state index contributed by atoms with van der Waals surface area (Å²) >= 11 is 1.19. The van der Waals surface area contributed by atoms with Crippen LogP contribution in [0.15, 0.2) is 34.2 Å². The molecule has 0 aliphatic rings. The summed E-state index contributed by atoms with van der Waals surface area (Å²) < 4.78 is 1.60. The quantitative estimate of drug-likeness (QED) is 0.569. The minimum absolute atomic E-state index is 0.0667. The number of carbonyl (C=O) groups excluding carboxylic acids is 2. The van der Waals surface area contributed by atoms with Crippen molar-refractivity contribution in [2.24, 2.45) is 0 Å². The molecule has 0 spiro atoms. The molecule has 24 heavy (non-hydrogen) atoms. The van der Waals surface area contributed by atoms with Gasteiger partial charge in [0.25, 0.3) is 5.56 Å². The number of thioether (sulfide) groups is 1. The molecule has 0 radical (unpaired) electrons. The lowest BCUT2D eigenvalue weighted by Crippen LogP contribution is -2.36. The largest absolute Gasteiger partial charge is 0.358 e. The van der Waals surface area contributed by atoms with Crippen LogP contribution in [0.2, 0.25) is 0 Å². The number of hydrogen-bond acceptors (Lipinski definition) is 5.